The van der Waals surface area contributed by atoms with Gasteiger partial charge in [-0.15, -0.1) is 0 Å². The van der Waals surface area contributed by atoms with Crippen LogP contribution in [0.3, 0.4) is 0 Å². The van der Waals surface area contributed by atoms with Crippen molar-refractivity contribution >= 4 is 5.69 Å². The number of nitrogens with zero attached hydrogens (tertiary/aromatic N) is 2. The molecular formula is C13H24N4. The Morgan fingerprint density at radius 3 is 2.82 bits per heavy atom. The molecule has 1 fully saturated rings. The van der Waals surface area contributed by atoms with Gasteiger partial charge in [0.2, 0.25) is 0 Å². The van der Waals surface area contributed by atoms with Crippen molar-refractivity contribution in [2.45, 2.75) is 6.92 Å². The van der Waals surface area contributed by atoms with E-state index in [1.807, 2.05) is 6.20 Å². The molecule has 1 aromatic heterocycles. The zero-order chi connectivity index (χ0) is 12.1. The maximum Gasteiger partial charge on any atom is 0.0541 e. The Bertz CT molecular complexity index is 303. The monoisotopic (exact) mass is 236 g/mol. The quantitative estimate of drug-likeness (QED) is 0.800. The molecule has 2 rings (SSSR count). The summed E-state index contributed by atoms with van der Waals surface area (Å²) in [7, 11) is 2.16. The first-order valence-corrected chi connectivity index (χ1v) is 6.52. The summed E-state index contributed by atoms with van der Waals surface area (Å²) < 4.78 is 0. The van der Waals surface area contributed by atoms with Crippen LogP contribution in [0.2, 0.25) is 0 Å². The minimum atomic E-state index is 0.702. The normalized spacial score (nSPS) is 19.2. The molecule has 4 heteroatoms. The van der Waals surface area contributed by atoms with E-state index in [1.165, 1.54) is 25.3 Å². The molecule has 0 aliphatic carbocycles. The maximum atomic E-state index is 3.39. The van der Waals surface area contributed by atoms with Crippen LogP contribution in [-0.2, 0) is 0 Å². The van der Waals surface area contributed by atoms with Gasteiger partial charge in [-0.05, 0) is 12.0 Å². The molecule has 1 aromatic rings. The Labute approximate surface area is 104 Å². The third-order valence-electron chi connectivity index (χ3n) is 3.39. The number of aromatic nitrogens is 1. The van der Waals surface area contributed by atoms with Gasteiger partial charge in [-0.25, -0.2) is 0 Å². The van der Waals surface area contributed by atoms with Crippen molar-refractivity contribution in [3.63, 3.8) is 0 Å². The average molecular weight is 236 g/mol. The lowest BCUT2D eigenvalue weighted by Gasteiger charge is -2.31. The fourth-order valence-corrected chi connectivity index (χ4v) is 2.52. The molecule has 2 N–H and O–H groups in total. The molecule has 1 atom stereocenters. The number of rotatable bonds is 5. The van der Waals surface area contributed by atoms with Crippen LogP contribution >= 0.6 is 0 Å². The Morgan fingerprint density at radius 2 is 2.18 bits per heavy atom. The summed E-state index contributed by atoms with van der Waals surface area (Å²) >= 11 is 0. The van der Waals surface area contributed by atoms with Crippen LogP contribution in [0.4, 0.5) is 5.69 Å². The minimum Gasteiger partial charge on any atom is -0.373 e. The van der Waals surface area contributed by atoms with E-state index in [0.29, 0.717) is 5.92 Å². The standard InChI is InChI=1S/C13H24N4/c1-12(11-17-7-5-14-6-8-17)10-16(2)13-3-4-15-9-13/h3-4,9,12,14-15H,5-8,10-11H2,1-2H3. The molecule has 0 saturated carbocycles. The zero-order valence-corrected chi connectivity index (χ0v) is 10.9. The van der Waals surface area contributed by atoms with E-state index in [4.69, 9.17) is 0 Å². The van der Waals surface area contributed by atoms with Crippen LogP contribution < -0.4 is 10.2 Å². The van der Waals surface area contributed by atoms with Crippen LogP contribution in [0.15, 0.2) is 18.5 Å². The van der Waals surface area contributed by atoms with Crippen molar-refractivity contribution in [2.24, 2.45) is 5.92 Å². The molecule has 0 bridgehead atoms. The van der Waals surface area contributed by atoms with Crippen LogP contribution in [0.25, 0.3) is 0 Å². The van der Waals surface area contributed by atoms with Crippen molar-refractivity contribution in [3.8, 4) is 0 Å². The predicted octanol–water partition coefficient (Wildman–Crippen LogP) is 0.992. The summed E-state index contributed by atoms with van der Waals surface area (Å²) in [4.78, 5) is 7.99. The van der Waals surface area contributed by atoms with Gasteiger partial charge in [0.1, 0.15) is 0 Å². The highest BCUT2D eigenvalue weighted by atomic mass is 15.2. The molecule has 1 saturated heterocycles. The van der Waals surface area contributed by atoms with Gasteiger partial charge in [-0.1, -0.05) is 6.92 Å². The van der Waals surface area contributed by atoms with Gasteiger partial charge >= 0.3 is 0 Å². The lowest BCUT2D eigenvalue weighted by molar-refractivity contribution is 0.213. The largest absolute Gasteiger partial charge is 0.373 e. The fourth-order valence-electron chi connectivity index (χ4n) is 2.52. The SMILES string of the molecule is CC(CN1CCNCC1)CN(C)c1cc[nH]c1. The fraction of sp³-hybridized carbons (Fsp3) is 0.692. The van der Waals surface area contributed by atoms with Crippen LogP contribution in [0.1, 0.15) is 6.92 Å². The van der Waals surface area contributed by atoms with E-state index in [9.17, 15) is 0 Å². The summed E-state index contributed by atoms with van der Waals surface area (Å²) in [6.07, 6.45) is 4.03. The van der Waals surface area contributed by atoms with E-state index < -0.39 is 0 Å². The van der Waals surface area contributed by atoms with Crippen molar-refractivity contribution in [2.75, 3.05) is 51.2 Å². The number of anilines is 1. The van der Waals surface area contributed by atoms with E-state index in [-0.39, 0.29) is 0 Å². The number of hydrogen-bond acceptors (Lipinski definition) is 3. The van der Waals surface area contributed by atoms with Gasteiger partial charge in [-0.3, -0.25) is 0 Å². The smallest absolute Gasteiger partial charge is 0.0541 e. The Kier molecular flexibility index (Phi) is 4.45. The topological polar surface area (TPSA) is 34.3 Å². The Hall–Kier alpha value is -1.00. The van der Waals surface area contributed by atoms with E-state index in [0.717, 1.165) is 19.6 Å². The first-order valence-electron chi connectivity index (χ1n) is 6.52. The second-order valence-corrected chi connectivity index (χ2v) is 5.11. The first kappa shape index (κ1) is 12.5. The van der Waals surface area contributed by atoms with Crippen LogP contribution in [0, 0.1) is 5.92 Å². The molecule has 0 radical (unpaired) electrons. The number of hydrogen-bond donors (Lipinski definition) is 2. The van der Waals surface area contributed by atoms with Crippen molar-refractivity contribution in [1.29, 1.82) is 0 Å². The number of nitrogens with one attached hydrogen (secondary N) is 2. The summed E-state index contributed by atoms with van der Waals surface area (Å²) in [6.45, 7) is 9.32. The number of piperazine rings is 1. The molecule has 0 amide bonds. The lowest BCUT2D eigenvalue weighted by Crippen LogP contribution is -2.46. The number of H-pyrrole nitrogens is 1. The molecule has 0 aromatic carbocycles. The maximum absolute atomic E-state index is 3.39. The first-order chi connectivity index (χ1) is 8.25. The highest BCUT2D eigenvalue weighted by Crippen LogP contribution is 2.13. The highest BCUT2D eigenvalue weighted by molar-refractivity contribution is 5.43. The highest BCUT2D eigenvalue weighted by Gasteiger charge is 2.14. The Balaban J connectivity index is 1.74. The minimum absolute atomic E-state index is 0.702. The van der Waals surface area contributed by atoms with E-state index in [2.05, 4.69) is 46.3 Å². The molecule has 1 aliphatic rings. The molecule has 4 nitrogen and oxygen atoms in total. The molecular weight excluding hydrogens is 212 g/mol. The van der Waals surface area contributed by atoms with E-state index in [1.54, 1.807) is 0 Å². The molecule has 96 valence electrons. The second-order valence-electron chi connectivity index (χ2n) is 5.11. The molecule has 1 unspecified atom stereocenters. The zero-order valence-electron chi connectivity index (χ0n) is 10.9. The third-order valence-corrected chi connectivity index (χ3v) is 3.39. The van der Waals surface area contributed by atoms with Crippen LogP contribution in [0.5, 0.6) is 0 Å². The molecule has 2 heterocycles. The van der Waals surface area contributed by atoms with Crippen molar-refractivity contribution < 1.29 is 0 Å². The molecule has 1 aliphatic heterocycles. The average Bonchev–Trinajstić information content (AvgIpc) is 2.83. The lowest BCUT2D eigenvalue weighted by atomic mass is 10.1. The van der Waals surface area contributed by atoms with Gasteiger partial charge in [0.25, 0.3) is 0 Å². The van der Waals surface area contributed by atoms with E-state index >= 15 is 0 Å². The van der Waals surface area contributed by atoms with Crippen molar-refractivity contribution in [3.05, 3.63) is 18.5 Å². The van der Waals surface area contributed by atoms with Crippen molar-refractivity contribution in [1.82, 2.24) is 15.2 Å². The van der Waals surface area contributed by atoms with Gasteiger partial charge in [0.15, 0.2) is 0 Å². The number of aromatic amines is 1. The summed E-state index contributed by atoms with van der Waals surface area (Å²) in [5, 5.41) is 3.39. The molecule has 17 heavy (non-hydrogen) atoms. The summed E-state index contributed by atoms with van der Waals surface area (Å²) in [6, 6.07) is 2.12. The van der Waals surface area contributed by atoms with Gasteiger partial charge < -0.3 is 20.1 Å². The van der Waals surface area contributed by atoms with Gasteiger partial charge in [0, 0.05) is 58.7 Å². The summed E-state index contributed by atoms with van der Waals surface area (Å²) in [5.74, 6) is 0.702. The third kappa shape index (κ3) is 3.75. The van der Waals surface area contributed by atoms with Gasteiger partial charge in [0.05, 0.1) is 5.69 Å². The summed E-state index contributed by atoms with van der Waals surface area (Å²) in [5.41, 5.74) is 1.28. The van der Waals surface area contributed by atoms with Crippen LogP contribution in [-0.4, -0.2) is 56.2 Å². The predicted molar refractivity (Wildman–Crippen MR) is 72.5 cm³/mol. The van der Waals surface area contributed by atoms with Gasteiger partial charge in [-0.2, -0.15) is 0 Å². The molecule has 0 spiro atoms. The Morgan fingerprint density at radius 1 is 1.41 bits per heavy atom. The second kappa shape index (κ2) is 6.07.